The average Bonchev–Trinajstić information content (AvgIpc) is 2.45. The van der Waals surface area contributed by atoms with Gasteiger partial charge in [0.2, 0.25) is 0 Å². The zero-order valence-electron chi connectivity index (χ0n) is 12.4. The largest absolute Gasteiger partial charge is 0.494 e. The van der Waals surface area contributed by atoms with Gasteiger partial charge in [0.25, 0.3) is 0 Å². The van der Waals surface area contributed by atoms with E-state index in [0.29, 0.717) is 28.2 Å². The molecule has 0 saturated carbocycles. The van der Waals surface area contributed by atoms with Gasteiger partial charge in [0.15, 0.2) is 0 Å². The average molecular weight is 310 g/mol. The first-order valence-corrected chi connectivity index (χ1v) is 6.94. The van der Waals surface area contributed by atoms with Gasteiger partial charge in [-0.05, 0) is 19.1 Å². The van der Waals surface area contributed by atoms with Crippen LogP contribution in [0.25, 0.3) is 0 Å². The van der Waals surface area contributed by atoms with Crippen LogP contribution in [-0.4, -0.2) is 17.1 Å². The fourth-order valence-electron chi connectivity index (χ4n) is 1.78. The predicted octanol–water partition coefficient (Wildman–Crippen LogP) is 4.45. The maximum Gasteiger partial charge on any atom is 0.145 e. The van der Waals surface area contributed by atoms with Crippen molar-refractivity contribution < 1.29 is 9.13 Å². The third-order valence-corrected chi connectivity index (χ3v) is 3.40. The van der Waals surface area contributed by atoms with Crippen molar-refractivity contribution in [3.8, 4) is 5.75 Å². The van der Waals surface area contributed by atoms with Gasteiger partial charge in [-0.15, -0.1) is 0 Å². The molecular formula is C15H17ClFN3O. The number of hydrogen-bond donors (Lipinski definition) is 1. The molecule has 0 amide bonds. The van der Waals surface area contributed by atoms with Gasteiger partial charge in [0, 0.05) is 17.5 Å². The number of aromatic nitrogens is 2. The minimum Gasteiger partial charge on any atom is -0.494 e. The monoisotopic (exact) mass is 309 g/mol. The van der Waals surface area contributed by atoms with Crippen LogP contribution in [0.5, 0.6) is 5.75 Å². The molecule has 0 atom stereocenters. The predicted molar refractivity (Wildman–Crippen MR) is 82.1 cm³/mol. The number of nitrogens with zero attached hydrogens (tertiary/aromatic N) is 2. The minimum atomic E-state index is -0.363. The van der Waals surface area contributed by atoms with Gasteiger partial charge in [-0.25, -0.2) is 14.4 Å². The van der Waals surface area contributed by atoms with Gasteiger partial charge in [0.1, 0.15) is 28.4 Å². The minimum absolute atomic E-state index is 0.152. The Bertz CT molecular complexity index is 662. The number of rotatable bonds is 4. The fourth-order valence-corrected chi connectivity index (χ4v) is 1.96. The standard InChI is InChI=1S/C15H17ClFN3O/c1-8(2)14-19-13(16)9(3)15(20-14)18-11-6-5-10(17)7-12(11)21-4/h5-8H,1-4H3,(H,18,19,20). The normalized spacial score (nSPS) is 10.8. The third-order valence-electron chi connectivity index (χ3n) is 3.04. The Labute approximate surface area is 128 Å². The van der Waals surface area contributed by atoms with E-state index in [1.165, 1.54) is 19.2 Å². The van der Waals surface area contributed by atoms with Gasteiger partial charge in [0.05, 0.1) is 12.8 Å². The van der Waals surface area contributed by atoms with E-state index in [1.54, 1.807) is 6.07 Å². The van der Waals surface area contributed by atoms with Crippen molar-refractivity contribution in [2.45, 2.75) is 26.7 Å². The van der Waals surface area contributed by atoms with Crippen molar-refractivity contribution >= 4 is 23.1 Å². The topological polar surface area (TPSA) is 47.0 Å². The smallest absolute Gasteiger partial charge is 0.145 e. The molecule has 1 heterocycles. The second-order valence-corrected chi connectivity index (χ2v) is 5.33. The lowest BCUT2D eigenvalue weighted by molar-refractivity contribution is 0.413. The van der Waals surface area contributed by atoms with Crippen LogP contribution in [0.1, 0.15) is 31.2 Å². The second-order valence-electron chi connectivity index (χ2n) is 4.97. The molecule has 0 unspecified atom stereocenters. The Morgan fingerprint density at radius 1 is 1.29 bits per heavy atom. The van der Waals surface area contributed by atoms with Gasteiger partial charge in [-0.1, -0.05) is 25.4 Å². The van der Waals surface area contributed by atoms with Gasteiger partial charge < -0.3 is 10.1 Å². The molecule has 0 aliphatic rings. The number of methoxy groups -OCH3 is 1. The lowest BCUT2D eigenvalue weighted by Gasteiger charge is -2.15. The summed E-state index contributed by atoms with van der Waals surface area (Å²) < 4.78 is 18.4. The highest BCUT2D eigenvalue weighted by Crippen LogP contribution is 2.31. The van der Waals surface area contributed by atoms with Crippen LogP contribution in [0.15, 0.2) is 18.2 Å². The third kappa shape index (κ3) is 3.42. The number of nitrogens with one attached hydrogen (secondary N) is 1. The Hall–Kier alpha value is -1.88. The van der Waals surface area contributed by atoms with Crippen LogP contribution in [0.4, 0.5) is 15.9 Å². The van der Waals surface area contributed by atoms with Crippen molar-refractivity contribution in [2.24, 2.45) is 0 Å². The molecule has 0 spiro atoms. The van der Waals surface area contributed by atoms with Crippen LogP contribution in [0, 0.1) is 12.7 Å². The first-order chi connectivity index (χ1) is 9.92. The molecule has 0 bridgehead atoms. The molecule has 6 heteroatoms. The number of benzene rings is 1. The molecule has 0 aliphatic heterocycles. The van der Waals surface area contributed by atoms with Gasteiger partial charge >= 0.3 is 0 Å². The zero-order chi connectivity index (χ0) is 15.6. The maximum atomic E-state index is 13.2. The van der Waals surface area contributed by atoms with E-state index in [-0.39, 0.29) is 11.7 Å². The summed E-state index contributed by atoms with van der Waals surface area (Å²) in [4.78, 5) is 8.72. The first-order valence-electron chi connectivity index (χ1n) is 6.57. The summed E-state index contributed by atoms with van der Waals surface area (Å²) in [6, 6.07) is 4.26. The Kier molecular flexibility index (Phi) is 4.63. The Morgan fingerprint density at radius 3 is 2.62 bits per heavy atom. The highest BCUT2D eigenvalue weighted by Gasteiger charge is 2.13. The molecular weight excluding hydrogens is 293 g/mol. The molecule has 21 heavy (non-hydrogen) atoms. The van der Waals surface area contributed by atoms with Crippen molar-refractivity contribution in [2.75, 3.05) is 12.4 Å². The van der Waals surface area contributed by atoms with E-state index in [4.69, 9.17) is 16.3 Å². The highest BCUT2D eigenvalue weighted by atomic mass is 35.5. The molecule has 2 rings (SSSR count). The summed E-state index contributed by atoms with van der Waals surface area (Å²) in [5.41, 5.74) is 1.35. The molecule has 1 aromatic carbocycles. The molecule has 0 aliphatic carbocycles. The summed E-state index contributed by atoms with van der Waals surface area (Å²) in [6.45, 7) is 5.80. The molecule has 2 aromatic rings. The fraction of sp³-hybridized carbons (Fsp3) is 0.333. The zero-order valence-corrected chi connectivity index (χ0v) is 13.1. The van der Waals surface area contributed by atoms with Crippen molar-refractivity contribution in [3.05, 3.63) is 40.6 Å². The summed E-state index contributed by atoms with van der Waals surface area (Å²) >= 11 is 6.15. The molecule has 1 N–H and O–H groups in total. The Morgan fingerprint density at radius 2 is 2.00 bits per heavy atom. The number of anilines is 2. The lowest BCUT2D eigenvalue weighted by Crippen LogP contribution is -2.06. The van der Waals surface area contributed by atoms with E-state index in [0.717, 1.165) is 5.56 Å². The van der Waals surface area contributed by atoms with E-state index < -0.39 is 0 Å². The quantitative estimate of drug-likeness (QED) is 0.847. The molecule has 0 radical (unpaired) electrons. The van der Waals surface area contributed by atoms with Crippen molar-refractivity contribution in [1.82, 2.24) is 9.97 Å². The van der Waals surface area contributed by atoms with Gasteiger partial charge in [-0.2, -0.15) is 0 Å². The summed E-state index contributed by atoms with van der Waals surface area (Å²) in [7, 11) is 1.49. The van der Waals surface area contributed by atoms with Crippen LogP contribution < -0.4 is 10.1 Å². The van der Waals surface area contributed by atoms with E-state index in [1.807, 2.05) is 20.8 Å². The molecule has 0 saturated heterocycles. The first kappa shape index (κ1) is 15.5. The van der Waals surface area contributed by atoms with Gasteiger partial charge in [-0.3, -0.25) is 0 Å². The van der Waals surface area contributed by atoms with E-state index in [9.17, 15) is 4.39 Å². The van der Waals surface area contributed by atoms with Crippen molar-refractivity contribution in [1.29, 1.82) is 0 Å². The van der Waals surface area contributed by atoms with Crippen LogP contribution in [0.3, 0.4) is 0 Å². The SMILES string of the molecule is COc1cc(F)ccc1Nc1nc(C(C)C)nc(Cl)c1C. The van der Waals surface area contributed by atoms with E-state index >= 15 is 0 Å². The molecule has 0 fully saturated rings. The summed E-state index contributed by atoms with van der Waals surface area (Å²) in [5.74, 6) is 1.42. The van der Waals surface area contributed by atoms with E-state index in [2.05, 4.69) is 15.3 Å². The number of halogens is 2. The Balaban J connectivity index is 2.44. The summed E-state index contributed by atoms with van der Waals surface area (Å²) in [6.07, 6.45) is 0. The number of ether oxygens (including phenoxy) is 1. The molecule has 112 valence electrons. The molecule has 4 nitrogen and oxygen atoms in total. The van der Waals surface area contributed by atoms with Crippen LogP contribution >= 0.6 is 11.6 Å². The van der Waals surface area contributed by atoms with Crippen molar-refractivity contribution in [3.63, 3.8) is 0 Å². The highest BCUT2D eigenvalue weighted by molar-refractivity contribution is 6.30. The molecule has 1 aromatic heterocycles. The summed E-state index contributed by atoms with van der Waals surface area (Å²) in [5, 5.41) is 3.53. The van der Waals surface area contributed by atoms with Crippen LogP contribution in [-0.2, 0) is 0 Å². The van der Waals surface area contributed by atoms with Crippen LogP contribution in [0.2, 0.25) is 5.15 Å². The number of hydrogen-bond acceptors (Lipinski definition) is 4. The lowest BCUT2D eigenvalue weighted by atomic mass is 10.2. The maximum absolute atomic E-state index is 13.2. The second kappa shape index (κ2) is 6.26.